The second-order valence-electron chi connectivity index (χ2n) is 5.31. The van der Waals surface area contributed by atoms with Gasteiger partial charge in [-0.25, -0.2) is 0 Å². The number of hydrogen-bond donors (Lipinski definition) is 1. The highest BCUT2D eigenvalue weighted by Gasteiger charge is 2.10. The largest absolute Gasteiger partial charge is 0.495 e. The summed E-state index contributed by atoms with van der Waals surface area (Å²) in [5.74, 6) is 1.45. The number of rotatable bonds is 8. The molecule has 0 aliphatic heterocycles. The molecule has 1 N–H and O–H groups in total. The fraction of sp³-hybridized carbons (Fsp3) is 0.235. The van der Waals surface area contributed by atoms with E-state index in [9.17, 15) is 0 Å². The lowest BCUT2D eigenvalue weighted by Gasteiger charge is -2.12. The summed E-state index contributed by atoms with van der Waals surface area (Å²) in [5, 5.41) is 17.1. The van der Waals surface area contributed by atoms with Gasteiger partial charge in [0.25, 0.3) is 0 Å². The molecule has 0 aliphatic rings. The Balaban J connectivity index is 0.00000261. The number of nitrogens with one attached hydrogen (secondary N) is 1. The van der Waals surface area contributed by atoms with E-state index in [0.29, 0.717) is 22.3 Å². The van der Waals surface area contributed by atoms with Gasteiger partial charge >= 0.3 is 0 Å². The molecule has 10 heteroatoms. The van der Waals surface area contributed by atoms with Crippen LogP contribution in [0.25, 0.3) is 5.69 Å². The highest BCUT2D eigenvalue weighted by molar-refractivity contribution is 7.99. The number of halogens is 3. The van der Waals surface area contributed by atoms with Crippen LogP contribution in [0.4, 0.5) is 0 Å². The topological polar surface area (TPSA) is 64.9 Å². The first-order valence-electron chi connectivity index (χ1n) is 7.88. The summed E-state index contributed by atoms with van der Waals surface area (Å²) in [4.78, 5) is 0. The van der Waals surface area contributed by atoms with Crippen molar-refractivity contribution in [1.82, 2.24) is 25.5 Å². The van der Waals surface area contributed by atoms with Crippen LogP contribution in [-0.4, -0.2) is 39.6 Å². The Labute approximate surface area is 178 Å². The number of nitrogens with zero attached hydrogens (tertiary/aromatic N) is 4. The summed E-state index contributed by atoms with van der Waals surface area (Å²) in [6.45, 7) is 1.37. The van der Waals surface area contributed by atoms with E-state index in [0.717, 1.165) is 28.7 Å². The predicted octanol–water partition coefficient (Wildman–Crippen LogP) is 4.28. The monoisotopic (exact) mass is 445 g/mol. The highest BCUT2D eigenvalue weighted by Crippen LogP contribution is 2.32. The number of tetrazole rings is 1. The standard InChI is InChI=1S/C17H17Cl2N5OS.ClH/c1-25-16-12(9-13(18)10-15(16)19)11-20-7-8-26-17-21-22-23-24(17)14-5-3-2-4-6-14;/h2-6,9-10,20H,7-8,11H2,1H3;1H. The molecule has 1 aromatic heterocycles. The van der Waals surface area contributed by atoms with Crippen molar-refractivity contribution in [2.45, 2.75) is 11.7 Å². The molecule has 27 heavy (non-hydrogen) atoms. The average Bonchev–Trinajstić information content (AvgIpc) is 3.10. The Bertz CT molecular complexity index is 863. The van der Waals surface area contributed by atoms with Crippen LogP contribution in [0.5, 0.6) is 5.75 Å². The maximum Gasteiger partial charge on any atom is 0.214 e. The Hall–Kier alpha value is -1.51. The molecule has 0 fully saturated rings. The normalized spacial score (nSPS) is 10.5. The van der Waals surface area contributed by atoms with Gasteiger partial charge in [0, 0.05) is 29.4 Å². The molecule has 0 atom stereocenters. The van der Waals surface area contributed by atoms with E-state index >= 15 is 0 Å². The smallest absolute Gasteiger partial charge is 0.214 e. The fourth-order valence-corrected chi connectivity index (χ4v) is 3.81. The van der Waals surface area contributed by atoms with Gasteiger partial charge in [-0.3, -0.25) is 0 Å². The second kappa shape index (κ2) is 10.7. The van der Waals surface area contributed by atoms with Crippen molar-refractivity contribution < 1.29 is 4.74 Å². The first-order valence-corrected chi connectivity index (χ1v) is 9.62. The lowest BCUT2D eigenvalue weighted by molar-refractivity contribution is 0.408. The zero-order valence-corrected chi connectivity index (χ0v) is 17.6. The van der Waals surface area contributed by atoms with Crippen LogP contribution < -0.4 is 10.1 Å². The first kappa shape index (κ1) is 21.8. The maximum absolute atomic E-state index is 6.15. The van der Waals surface area contributed by atoms with Gasteiger partial charge < -0.3 is 10.1 Å². The van der Waals surface area contributed by atoms with E-state index in [1.165, 1.54) is 0 Å². The van der Waals surface area contributed by atoms with Crippen LogP contribution in [-0.2, 0) is 6.54 Å². The molecule has 1 heterocycles. The van der Waals surface area contributed by atoms with Crippen LogP contribution in [0.15, 0.2) is 47.6 Å². The molecule has 6 nitrogen and oxygen atoms in total. The maximum atomic E-state index is 6.15. The van der Waals surface area contributed by atoms with Crippen molar-refractivity contribution in [2.75, 3.05) is 19.4 Å². The summed E-state index contributed by atoms with van der Waals surface area (Å²) in [7, 11) is 1.60. The number of methoxy groups -OCH3 is 1. The molecule has 144 valence electrons. The van der Waals surface area contributed by atoms with Crippen LogP contribution >= 0.6 is 47.4 Å². The fourth-order valence-electron chi connectivity index (χ4n) is 2.41. The third-order valence-electron chi connectivity index (χ3n) is 3.56. The number of thioether (sulfide) groups is 1. The predicted molar refractivity (Wildman–Crippen MR) is 112 cm³/mol. The molecule has 0 amide bonds. The Morgan fingerprint density at radius 2 is 1.96 bits per heavy atom. The third-order valence-corrected chi connectivity index (χ3v) is 4.98. The Kier molecular flexibility index (Phi) is 8.66. The minimum atomic E-state index is 0. The summed E-state index contributed by atoms with van der Waals surface area (Å²) >= 11 is 13.8. The molecule has 0 unspecified atom stereocenters. The van der Waals surface area contributed by atoms with E-state index < -0.39 is 0 Å². The van der Waals surface area contributed by atoms with Crippen LogP contribution in [0.2, 0.25) is 10.0 Å². The van der Waals surface area contributed by atoms with Gasteiger partial charge in [-0.2, -0.15) is 4.68 Å². The lowest BCUT2D eigenvalue weighted by atomic mass is 10.2. The van der Waals surface area contributed by atoms with Crippen molar-refractivity contribution in [3.05, 3.63) is 58.1 Å². The van der Waals surface area contributed by atoms with Crippen LogP contribution in [0.1, 0.15) is 5.56 Å². The molecule has 3 aromatic rings. The van der Waals surface area contributed by atoms with Crippen molar-refractivity contribution in [1.29, 1.82) is 0 Å². The van der Waals surface area contributed by atoms with E-state index in [2.05, 4.69) is 20.8 Å². The number of para-hydroxylation sites is 1. The van der Waals surface area contributed by atoms with Gasteiger partial charge in [-0.1, -0.05) is 53.2 Å². The molecular weight excluding hydrogens is 429 g/mol. The zero-order chi connectivity index (χ0) is 18.4. The quantitative estimate of drug-likeness (QED) is 0.411. The van der Waals surface area contributed by atoms with Crippen molar-refractivity contribution in [3.63, 3.8) is 0 Å². The Morgan fingerprint density at radius 1 is 1.19 bits per heavy atom. The zero-order valence-electron chi connectivity index (χ0n) is 14.4. The minimum Gasteiger partial charge on any atom is -0.495 e. The molecule has 0 bridgehead atoms. The molecule has 3 rings (SSSR count). The van der Waals surface area contributed by atoms with Gasteiger partial charge in [-0.15, -0.1) is 17.5 Å². The van der Waals surface area contributed by atoms with Gasteiger partial charge in [0.15, 0.2) is 0 Å². The molecule has 0 spiro atoms. The molecule has 0 radical (unpaired) electrons. The van der Waals surface area contributed by atoms with Crippen LogP contribution in [0.3, 0.4) is 0 Å². The highest BCUT2D eigenvalue weighted by atomic mass is 35.5. The first-order chi connectivity index (χ1) is 12.7. The summed E-state index contributed by atoms with van der Waals surface area (Å²) in [6.07, 6.45) is 0. The summed E-state index contributed by atoms with van der Waals surface area (Å²) in [5.41, 5.74) is 1.86. The number of aromatic nitrogens is 4. The van der Waals surface area contributed by atoms with Gasteiger partial charge in [0.1, 0.15) is 5.75 Å². The van der Waals surface area contributed by atoms with E-state index in [-0.39, 0.29) is 12.4 Å². The third kappa shape index (κ3) is 5.73. The number of ether oxygens (including phenoxy) is 1. The van der Waals surface area contributed by atoms with Gasteiger partial charge in [0.2, 0.25) is 5.16 Å². The summed E-state index contributed by atoms with van der Waals surface area (Å²) in [6, 6.07) is 13.3. The molecule has 0 saturated heterocycles. The van der Waals surface area contributed by atoms with Gasteiger partial charge in [0.05, 0.1) is 17.8 Å². The summed E-state index contributed by atoms with van der Waals surface area (Å²) < 4.78 is 7.07. The molecular formula is C17H18Cl3N5OS. The SMILES string of the molecule is COc1c(Cl)cc(Cl)cc1CNCCSc1nnnn1-c1ccccc1.Cl. The van der Waals surface area contributed by atoms with E-state index in [1.54, 1.807) is 29.6 Å². The van der Waals surface area contributed by atoms with Gasteiger partial charge in [-0.05, 0) is 34.7 Å². The lowest BCUT2D eigenvalue weighted by Crippen LogP contribution is -2.17. The molecule has 0 aliphatic carbocycles. The molecule has 0 saturated carbocycles. The van der Waals surface area contributed by atoms with Crippen LogP contribution in [0, 0.1) is 0 Å². The van der Waals surface area contributed by atoms with E-state index in [4.69, 9.17) is 27.9 Å². The number of hydrogen-bond acceptors (Lipinski definition) is 6. The van der Waals surface area contributed by atoms with Crippen molar-refractivity contribution in [3.8, 4) is 11.4 Å². The average molecular weight is 447 g/mol. The minimum absolute atomic E-state index is 0. The second-order valence-corrected chi connectivity index (χ2v) is 7.22. The van der Waals surface area contributed by atoms with E-state index in [1.807, 2.05) is 36.4 Å². The van der Waals surface area contributed by atoms with Crippen molar-refractivity contribution >= 4 is 47.4 Å². The number of benzene rings is 2. The van der Waals surface area contributed by atoms with Crippen molar-refractivity contribution in [2.24, 2.45) is 0 Å². The Morgan fingerprint density at radius 3 is 2.70 bits per heavy atom. The molecule has 2 aromatic carbocycles.